The molecule has 22 heavy (non-hydrogen) atoms. The van der Waals surface area contributed by atoms with Gasteiger partial charge in [0.1, 0.15) is 5.01 Å². The summed E-state index contributed by atoms with van der Waals surface area (Å²) in [7, 11) is 1.30. The third-order valence-corrected chi connectivity index (χ3v) is 3.60. The van der Waals surface area contributed by atoms with E-state index in [9.17, 15) is 23.1 Å². The van der Waals surface area contributed by atoms with Crippen molar-refractivity contribution in [1.82, 2.24) is 19.7 Å². The molecule has 11 heteroatoms. The summed E-state index contributed by atoms with van der Waals surface area (Å²) in [4.78, 5) is 15.3. The van der Waals surface area contributed by atoms with Crippen molar-refractivity contribution in [3.63, 3.8) is 0 Å². The molecule has 0 aliphatic heterocycles. The molecule has 7 nitrogen and oxygen atoms in total. The highest BCUT2D eigenvalue weighted by atomic mass is 32.1. The van der Waals surface area contributed by atoms with Crippen LogP contribution >= 0.6 is 11.3 Å². The first kappa shape index (κ1) is 16.4. The number of carbonyl (C=O) groups excluding carboxylic acids is 1. The van der Waals surface area contributed by atoms with Crippen LogP contribution in [0.25, 0.3) is 0 Å². The first-order valence-corrected chi connectivity index (χ1v) is 6.82. The Morgan fingerprint density at radius 1 is 1.45 bits per heavy atom. The monoisotopic (exact) mass is 335 g/mol. The minimum Gasteiger partial charge on any atom is -0.374 e. The average molecular weight is 335 g/mol. The van der Waals surface area contributed by atoms with Gasteiger partial charge in [0.25, 0.3) is 0 Å². The summed E-state index contributed by atoms with van der Waals surface area (Å²) >= 11 is 1.01. The highest BCUT2D eigenvalue weighted by Gasteiger charge is 2.58. The maximum absolute atomic E-state index is 13.2. The lowest BCUT2D eigenvalue weighted by Gasteiger charge is -2.29. The predicted molar refractivity (Wildman–Crippen MR) is 71.1 cm³/mol. The molecule has 2 heterocycles. The lowest BCUT2D eigenvalue weighted by Crippen LogP contribution is -2.46. The number of hydrogen-bond donors (Lipinski definition) is 2. The Kier molecular flexibility index (Phi) is 4.20. The zero-order chi connectivity index (χ0) is 16.5. The average Bonchev–Trinajstić information content (AvgIpc) is 2.96. The van der Waals surface area contributed by atoms with Crippen LogP contribution in [0.4, 0.5) is 18.3 Å². The van der Waals surface area contributed by atoms with E-state index in [2.05, 4.69) is 20.5 Å². The number of aromatic nitrogens is 4. The second kappa shape index (κ2) is 5.65. The van der Waals surface area contributed by atoms with Gasteiger partial charge in [-0.05, 0) is 6.92 Å². The second-order valence-corrected chi connectivity index (χ2v) is 5.75. The van der Waals surface area contributed by atoms with Crippen molar-refractivity contribution in [3.8, 4) is 0 Å². The van der Waals surface area contributed by atoms with Crippen LogP contribution in [-0.2, 0) is 17.4 Å². The van der Waals surface area contributed by atoms with Gasteiger partial charge < -0.3 is 15.0 Å². The summed E-state index contributed by atoms with van der Waals surface area (Å²) < 4.78 is 40.7. The van der Waals surface area contributed by atoms with Crippen LogP contribution < -0.4 is 5.32 Å². The number of alkyl halides is 3. The van der Waals surface area contributed by atoms with E-state index in [1.165, 1.54) is 13.2 Å². The molecule has 0 saturated carbocycles. The van der Waals surface area contributed by atoms with Crippen molar-refractivity contribution in [2.75, 3.05) is 5.32 Å². The largest absolute Gasteiger partial charge is 0.425 e. The van der Waals surface area contributed by atoms with Crippen molar-refractivity contribution >= 4 is 22.4 Å². The van der Waals surface area contributed by atoms with E-state index in [1.54, 1.807) is 6.92 Å². The second-order valence-electron chi connectivity index (χ2n) is 4.57. The van der Waals surface area contributed by atoms with E-state index in [0.29, 0.717) is 5.01 Å². The standard InChI is InChI=1S/C11H12F3N5O2S/c1-6-17-18-9(22-6)16-7(20)5-10(21,11(12,13)14)8-15-3-4-19(8)2/h3-4,21H,5H2,1-2H3,(H,16,18,20). The lowest BCUT2D eigenvalue weighted by molar-refractivity contribution is -0.270. The maximum atomic E-state index is 13.2. The Morgan fingerprint density at radius 3 is 2.59 bits per heavy atom. The molecule has 0 aromatic carbocycles. The van der Waals surface area contributed by atoms with Gasteiger partial charge in [-0.25, -0.2) is 4.98 Å². The van der Waals surface area contributed by atoms with Crippen molar-refractivity contribution in [2.24, 2.45) is 7.05 Å². The number of imidazole rings is 1. The molecule has 0 aliphatic rings. The molecule has 1 atom stereocenters. The van der Waals surface area contributed by atoms with Crippen LogP contribution in [-0.4, -0.2) is 36.9 Å². The molecule has 2 aromatic rings. The van der Waals surface area contributed by atoms with Crippen molar-refractivity contribution in [2.45, 2.75) is 25.1 Å². The Morgan fingerprint density at radius 2 is 2.14 bits per heavy atom. The van der Waals surface area contributed by atoms with E-state index in [1.807, 2.05) is 0 Å². The highest BCUT2D eigenvalue weighted by Crippen LogP contribution is 2.40. The number of amides is 1. The van der Waals surface area contributed by atoms with Crippen LogP contribution in [0.15, 0.2) is 12.4 Å². The Bertz CT molecular complexity index is 683. The van der Waals surface area contributed by atoms with Crippen LogP contribution in [0.2, 0.25) is 0 Å². The Hall–Kier alpha value is -2.01. The van der Waals surface area contributed by atoms with Gasteiger partial charge in [-0.2, -0.15) is 13.2 Å². The van der Waals surface area contributed by atoms with Crippen molar-refractivity contribution < 1.29 is 23.1 Å². The van der Waals surface area contributed by atoms with Gasteiger partial charge in [0.15, 0.2) is 5.82 Å². The number of nitrogens with one attached hydrogen (secondary N) is 1. The summed E-state index contributed by atoms with van der Waals surface area (Å²) in [5.41, 5.74) is -3.39. The first-order chi connectivity index (χ1) is 10.1. The van der Waals surface area contributed by atoms with E-state index in [0.717, 1.165) is 22.1 Å². The number of nitrogens with zero attached hydrogens (tertiary/aromatic N) is 4. The summed E-state index contributed by atoms with van der Waals surface area (Å²) in [6.45, 7) is 1.63. The number of aryl methyl sites for hydroxylation is 2. The van der Waals surface area contributed by atoms with Crippen LogP contribution in [0.1, 0.15) is 17.3 Å². The van der Waals surface area contributed by atoms with Crippen molar-refractivity contribution in [1.29, 1.82) is 0 Å². The van der Waals surface area contributed by atoms with Gasteiger partial charge in [0.2, 0.25) is 16.6 Å². The Labute approximate surface area is 126 Å². The zero-order valence-corrected chi connectivity index (χ0v) is 12.4. The third kappa shape index (κ3) is 3.09. The lowest BCUT2D eigenvalue weighted by atomic mass is 9.97. The molecule has 120 valence electrons. The molecule has 0 spiro atoms. The van der Waals surface area contributed by atoms with Crippen LogP contribution in [0, 0.1) is 6.92 Å². The molecule has 1 unspecified atom stereocenters. The molecule has 2 N–H and O–H groups in total. The summed E-state index contributed by atoms with van der Waals surface area (Å²) in [5, 5.41) is 20.0. The smallest absolute Gasteiger partial charge is 0.374 e. The highest BCUT2D eigenvalue weighted by molar-refractivity contribution is 7.15. The predicted octanol–water partition coefficient (Wildman–Crippen LogP) is 1.36. The van der Waals surface area contributed by atoms with Crippen LogP contribution in [0.5, 0.6) is 0 Å². The topological polar surface area (TPSA) is 92.9 Å². The van der Waals surface area contributed by atoms with Gasteiger partial charge in [0, 0.05) is 19.4 Å². The van der Waals surface area contributed by atoms with E-state index in [4.69, 9.17) is 0 Å². The molecule has 2 aromatic heterocycles. The normalized spacial score (nSPS) is 14.6. The number of halogens is 3. The number of anilines is 1. The fourth-order valence-electron chi connectivity index (χ4n) is 1.81. The molecule has 1 amide bonds. The van der Waals surface area contributed by atoms with Gasteiger partial charge in [-0.15, -0.1) is 10.2 Å². The van der Waals surface area contributed by atoms with E-state index in [-0.39, 0.29) is 5.13 Å². The fourth-order valence-corrected chi connectivity index (χ4v) is 2.42. The molecular formula is C11H12F3N5O2S. The van der Waals surface area contributed by atoms with E-state index >= 15 is 0 Å². The fraction of sp³-hybridized carbons (Fsp3) is 0.455. The van der Waals surface area contributed by atoms with Gasteiger partial charge in [-0.1, -0.05) is 11.3 Å². The Balaban J connectivity index is 2.24. The van der Waals surface area contributed by atoms with Crippen LogP contribution in [0.3, 0.4) is 0 Å². The number of rotatable bonds is 4. The molecule has 0 saturated heterocycles. The molecule has 0 aliphatic carbocycles. The molecular weight excluding hydrogens is 323 g/mol. The molecule has 0 radical (unpaired) electrons. The SMILES string of the molecule is Cc1nnc(NC(=O)CC(O)(c2nccn2C)C(F)(F)F)s1. The van der Waals surface area contributed by atoms with E-state index < -0.39 is 29.9 Å². The number of hydrogen-bond acceptors (Lipinski definition) is 6. The zero-order valence-electron chi connectivity index (χ0n) is 11.5. The summed E-state index contributed by atoms with van der Waals surface area (Å²) in [6.07, 6.45) is -3.95. The molecule has 0 bridgehead atoms. The van der Waals surface area contributed by atoms with Gasteiger partial charge in [-0.3, -0.25) is 4.79 Å². The third-order valence-electron chi connectivity index (χ3n) is 2.85. The minimum absolute atomic E-state index is 0.0619. The first-order valence-electron chi connectivity index (χ1n) is 6.00. The number of carbonyl (C=O) groups is 1. The van der Waals surface area contributed by atoms with Gasteiger partial charge in [0.05, 0.1) is 6.42 Å². The number of aliphatic hydroxyl groups is 1. The van der Waals surface area contributed by atoms with Gasteiger partial charge >= 0.3 is 6.18 Å². The summed E-state index contributed by atoms with van der Waals surface area (Å²) in [6, 6.07) is 0. The van der Waals surface area contributed by atoms with Crippen molar-refractivity contribution in [3.05, 3.63) is 23.2 Å². The minimum atomic E-state index is -5.07. The quantitative estimate of drug-likeness (QED) is 0.880. The molecule has 0 fully saturated rings. The summed E-state index contributed by atoms with van der Waals surface area (Å²) in [5.74, 6) is -1.71. The molecule has 2 rings (SSSR count). The maximum Gasteiger partial charge on any atom is 0.425 e.